The van der Waals surface area contributed by atoms with Gasteiger partial charge in [-0.3, -0.25) is 4.79 Å². The number of halogens is 2. The molecule has 0 saturated heterocycles. The van der Waals surface area contributed by atoms with Crippen LogP contribution in [0.5, 0.6) is 5.75 Å². The van der Waals surface area contributed by atoms with Crippen LogP contribution in [0.3, 0.4) is 0 Å². The fraction of sp³-hybridized carbons (Fsp3) is 0.208. The summed E-state index contributed by atoms with van der Waals surface area (Å²) in [5.41, 5.74) is 1.99. The van der Waals surface area contributed by atoms with E-state index in [1.807, 2.05) is 30.3 Å². The maximum atomic E-state index is 13.2. The van der Waals surface area contributed by atoms with Crippen LogP contribution in [0.2, 0.25) is 10.0 Å². The van der Waals surface area contributed by atoms with Gasteiger partial charge in [0, 0.05) is 10.7 Å². The largest absolute Gasteiger partial charge is 0.492 e. The molecule has 0 radical (unpaired) electrons. The van der Waals surface area contributed by atoms with Crippen LogP contribution in [0, 0.1) is 6.92 Å². The van der Waals surface area contributed by atoms with Crippen molar-refractivity contribution in [2.45, 2.75) is 31.2 Å². The zero-order valence-corrected chi connectivity index (χ0v) is 20.5. The Hall–Kier alpha value is -2.58. The molecule has 174 valence electrons. The van der Waals surface area contributed by atoms with Crippen molar-refractivity contribution in [1.29, 1.82) is 0 Å². The van der Waals surface area contributed by atoms with Crippen molar-refractivity contribution in [2.75, 3.05) is 11.9 Å². The molecule has 0 aliphatic heterocycles. The average molecular weight is 507 g/mol. The van der Waals surface area contributed by atoms with E-state index in [1.165, 1.54) is 18.2 Å². The molecule has 33 heavy (non-hydrogen) atoms. The van der Waals surface area contributed by atoms with Gasteiger partial charge >= 0.3 is 0 Å². The Morgan fingerprint density at radius 2 is 1.73 bits per heavy atom. The van der Waals surface area contributed by atoms with Crippen LogP contribution in [0.25, 0.3) is 0 Å². The maximum absolute atomic E-state index is 13.2. The van der Waals surface area contributed by atoms with Crippen LogP contribution in [-0.2, 0) is 21.2 Å². The fourth-order valence-corrected chi connectivity index (χ4v) is 4.87. The lowest BCUT2D eigenvalue weighted by Crippen LogP contribution is -2.45. The van der Waals surface area contributed by atoms with Crippen LogP contribution < -0.4 is 14.8 Å². The van der Waals surface area contributed by atoms with E-state index in [4.69, 9.17) is 27.9 Å². The van der Waals surface area contributed by atoms with Crippen molar-refractivity contribution < 1.29 is 17.9 Å². The molecular formula is C24H24Cl2N2O4S. The Kier molecular flexibility index (Phi) is 8.37. The standard InChI is InChI=1S/C24H24Cl2N2O4S/c1-3-32-23-13-12-18(15-20(23)26)33(30,31)28-22(14-17-8-5-4-6-9-17)24(29)27-21-11-7-10-19(25)16(21)2/h4-13,15,22,28H,3,14H2,1-2H3,(H,27,29). The van der Waals surface area contributed by atoms with Gasteiger partial charge in [-0.25, -0.2) is 8.42 Å². The topological polar surface area (TPSA) is 84.5 Å². The molecule has 0 aliphatic carbocycles. The molecule has 9 heteroatoms. The van der Waals surface area contributed by atoms with Crippen LogP contribution in [-0.4, -0.2) is 27.0 Å². The lowest BCUT2D eigenvalue weighted by Gasteiger charge is -2.20. The molecule has 6 nitrogen and oxygen atoms in total. The lowest BCUT2D eigenvalue weighted by atomic mass is 10.1. The average Bonchev–Trinajstić information content (AvgIpc) is 2.78. The number of carbonyl (C=O) groups is 1. The summed E-state index contributed by atoms with van der Waals surface area (Å²) in [6, 6.07) is 17.4. The van der Waals surface area contributed by atoms with E-state index in [0.29, 0.717) is 28.6 Å². The Bertz CT molecular complexity index is 1230. The summed E-state index contributed by atoms with van der Waals surface area (Å²) in [4.78, 5) is 13.1. The van der Waals surface area contributed by atoms with Gasteiger partial charge in [-0.15, -0.1) is 0 Å². The summed E-state index contributed by atoms with van der Waals surface area (Å²) in [5.74, 6) is -0.127. The molecule has 0 aromatic heterocycles. The minimum absolute atomic E-state index is 0.0687. The minimum Gasteiger partial charge on any atom is -0.492 e. The van der Waals surface area contributed by atoms with Crippen molar-refractivity contribution >= 4 is 44.8 Å². The third-order valence-electron chi connectivity index (χ3n) is 4.94. The second-order valence-corrected chi connectivity index (χ2v) is 9.82. The number of nitrogens with one attached hydrogen (secondary N) is 2. The van der Waals surface area contributed by atoms with Gasteiger partial charge in [0.25, 0.3) is 0 Å². The Balaban J connectivity index is 1.89. The van der Waals surface area contributed by atoms with Crippen molar-refractivity contribution in [3.05, 3.63) is 87.9 Å². The molecule has 1 atom stereocenters. The van der Waals surface area contributed by atoms with Gasteiger partial charge in [0.15, 0.2) is 0 Å². The number of amides is 1. The number of sulfonamides is 1. The number of hydrogen-bond acceptors (Lipinski definition) is 4. The third kappa shape index (κ3) is 6.48. The van der Waals surface area contributed by atoms with Gasteiger partial charge in [0.2, 0.25) is 15.9 Å². The minimum atomic E-state index is -4.07. The molecule has 0 fully saturated rings. The number of ether oxygens (including phenoxy) is 1. The van der Waals surface area contributed by atoms with Crippen molar-refractivity contribution in [2.24, 2.45) is 0 Å². The Morgan fingerprint density at radius 3 is 2.39 bits per heavy atom. The molecule has 1 unspecified atom stereocenters. The number of rotatable bonds is 9. The Morgan fingerprint density at radius 1 is 1.00 bits per heavy atom. The van der Waals surface area contributed by atoms with Crippen LogP contribution in [0.1, 0.15) is 18.1 Å². The quantitative estimate of drug-likeness (QED) is 0.416. The summed E-state index contributed by atoms with van der Waals surface area (Å²) < 4.78 is 34.1. The highest BCUT2D eigenvalue weighted by atomic mass is 35.5. The zero-order valence-electron chi connectivity index (χ0n) is 18.1. The number of benzene rings is 3. The molecule has 0 spiro atoms. The van der Waals surface area contributed by atoms with Crippen LogP contribution >= 0.6 is 23.2 Å². The monoisotopic (exact) mass is 506 g/mol. The van der Waals surface area contributed by atoms with E-state index in [0.717, 1.165) is 5.56 Å². The van der Waals surface area contributed by atoms with E-state index in [9.17, 15) is 13.2 Å². The second-order valence-electron chi connectivity index (χ2n) is 7.29. The summed E-state index contributed by atoms with van der Waals surface area (Å²) >= 11 is 12.3. The molecule has 0 aliphatic rings. The molecule has 3 aromatic rings. The summed E-state index contributed by atoms with van der Waals surface area (Å²) in [7, 11) is -4.07. The molecular weight excluding hydrogens is 483 g/mol. The fourth-order valence-electron chi connectivity index (χ4n) is 3.18. The maximum Gasteiger partial charge on any atom is 0.242 e. The lowest BCUT2D eigenvalue weighted by molar-refractivity contribution is -0.117. The van der Waals surface area contributed by atoms with Gasteiger partial charge in [-0.05, 0) is 61.7 Å². The van der Waals surface area contributed by atoms with E-state index in [1.54, 1.807) is 32.0 Å². The predicted octanol–water partition coefficient (Wildman–Crippen LogP) is 5.23. The van der Waals surface area contributed by atoms with Gasteiger partial charge in [0.1, 0.15) is 11.8 Å². The number of carbonyl (C=O) groups excluding carboxylic acids is 1. The summed E-state index contributed by atoms with van der Waals surface area (Å²) in [5, 5.41) is 3.45. The summed E-state index contributed by atoms with van der Waals surface area (Å²) in [6.07, 6.45) is 0.149. The van der Waals surface area contributed by atoms with Gasteiger partial charge < -0.3 is 10.1 Å². The highest BCUT2D eigenvalue weighted by molar-refractivity contribution is 7.89. The summed E-state index contributed by atoms with van der Waals surface area (Å²) in [6.45, 7) is 3.97. The van der Waals surface area contributed by atoms with Gasteiger partial charge in [0.05, 0.1) is 16.5 Å². The number of anilines is 1. The SMILES string of the molecule is CCOc1ccc(S(=O)(=O)NC(Cc2ccccc2)C(=O)Nc2cccc(Cl)c2C)cc1Cl. The first-order valence-electron chi connectivity index (χ1n) is 10.3. The highest BCUT2D eigenvalue weighted by Crippen LogP contribution is 2.28. The Labute approximate surface area is 203 Å². The first kappa shape index (κ1) is 25.1. The molecule has 1 amide bonds. The van der Waals surface area contributed by atoms with Crippen molar-refractivity contribution in [1.82, 2.24) is 4.72 Å². The third-order valence-corrected chi connectivity index (χ3v) is 7.11. The predicted molar refractivity (Wildman–Crippen MR) is 132 cm³/mol. The van der Waals surface area contributed by atoms with Crippen molar-refractivity contribution in [3.63, 3.8) is 0 Å². The smallest absolute Gasteiger partial charge is 0.242 e. The first-order valence-corrected chi connectivity index (χ1v) is 12.5. The normalized spacial score (nSPS) is 12.2. The van der Waals surface area contributed by atoms with Gasteiger partial charge in [-0.2, -0.15) is 4.72 Å². The molecule has 0 heterocycles. The van der Waals surface area contributed by atoms with E-state index < -0.39 is 22.0 Å². The van der Waals surface area contributed by atoms with Crippen LogP contribution in [0.4, 0.5) is 5.69 Å². The zero-order chi connectivity index (χ0) is 24.0. The number of hydrogen-bond donors (Lipinski definition) is 2. The first-order chi connectivity index (χ1) is 15.7. The van der Waals surface area contributed by atoms with Crippen molar-refractivity contribution in [3.8, 4) is 5.75 Å². The van der Waals surface area contributed by atoms with E-state index in [2.05, 4.69) is 10.0 Å². The molecule has 3 aromatic carbocycles. The van der Waals surface area contributed by atoms with Crippen LogP contribution in [0.15, 0.2) is 71.6 Å². The molecule has 2 N–H and O–H groups in total. The highest BCUT2D eigenvalue weighted by Gasteiger charge is 2.27. The molecule has 3 rings (SSSR count). The second kappa shape index (κ2) is 11.0. The van der Waals surface area contributed by atoms with Gasteiger partial charge in [-0.1, -0.05) is 59.6 Å². The molecule has 0 saturated carbocycles. The molecule has 0 bridgehead atoms. The van der Waals surface area contributed by atoms with E-state index >= 15 is 0 Å². The van der Waals surface area contributed by atoms with E-state index in [-0.39, 0.29) is 16.3 Å².